The van der Waals surface area contributed by atoms with Crippen molar-refractivity contribution in [1.29, 1.82) is 0 Å². The highest BCUT2D eigenvalue weighted by molar-refractivity contribution is 7.92. The van der Waals surface area contributed by atoms with Crippen LogP contribution in [-0.2, 0) is 21.2 Å². The van der Waals surface area contributed by atoms with E-state index in [0.717, 1.165) is 29.2 Å². The summed E-state index contributed by atoms with van der Waals surface area (Å²) < 4.78 is 52.2. The Hall–Kier alpha value is -2.59. The highest BCUT2D eigenvalue weighted by Gasteiger charge is 2.28. The number of carbonyl (C=O) groups excluding carboxylic acids is 1. The van der Waals surface area contributed by atoms with Crippen molar-refractivity contribution < 1.29 is 27.2 Å². The van der Waals surface area contributed by atoms with Crippen molar-refractivity contribution in [3.05, 3.63) is 58.5 Å². The molecule has 26 heavy (non-hydrogen) atoms. The number of halogens is 2. The molecule has 1 aromatic carbocycles. The SMILES string of the molecule is CS(=O)(=O)[C@H](CCn1cc(F)c(-c2ccccc2F)cc1=O)C(=O)NO. The van der Waals surface area contributed by atoms with E-state index in [0.29, 0.717) is 0 Å². The lowest BCUT2D eigenvalue weighted by molar-refractivity contribution is -0.128. The lowest BCUT2D eigenvalue weighted by Crippen LogP contribution is -2.39. The van der Waals surface area contributed by atoms with E-state index in [2.05, 4.69) is 0 Å². The van der Waals surface area contributed by atoms with E-state index in [4.69, 9.17) is 5.21 Å². The predicted octanol–water partition coefficient (Wildman–Crippen LogP) is 1.10. The van der Waals surface area contributed by atoms with Crippen LogP contribution in [0.15, 0.2) is 41.3 Å². The Morgan fingerprint density at radius 3 is 2.46 bits per heavy atom. The molecule has 7 nitrogen and oxygen atoms in total. The van der Waals surface area contributed by atoms with Gasteiger partial charge in [0, 0.05) is 36.2 Å². The highest BCUT2D eigenvalue weighted by atomic mass is 32.2. The Morgan fingerprint density at radius 1 is 1.23 bits per heavy atom. The molecule has 1 atom stereocenters. The highest BCUT2D eigenvalue weighted by Crippen LogP contribution is 2.24. The summed E-state index contributed by atoms with van der Waals surface area (Å²) >= 11 is 0. The molecular formula is C16H16F2N2O5S. The van der Waals surface area contributed by atoms with Crippen molar-refractivity contribution in [1.82, 2.24) is 10.0 Å². The predicted molar refractivity (Wildman–Crippen MR) is 89.2 cm³/mol. The number of hydrogen-bond acceptors (Lipinski definition) is 5. The van der Waals surface area contributed by atoms with Crippen molar-refractivity contribution in [3.63, 3.8) is 0 Å². The lowest BCUT2D eigenvalue weighted by atomic mass is 10.1. The number of hydroxylamine groups is 1. The van der Waals surface area contributed by atoms with Crippen molar-refractivity contribution in [3.8, 4) is 11.1 Å². The molecule has 0 radical (unpaired) electrons. The fraction of sp³-hybridized carbons (Fsp3) is 0.250. The van der Waals surface area contributed by atoms with Crippen molar-refractivity contribution >= 4 is 15.7 Å². The quantitative estimate of drug-likeness (QED) is 0.571. The first-order valence-corrected chi connectivity index (χ1v) is 9.38. The summed E-state index contributed by atoms with van der Waals surface area (Å²) in [6.45, 7) is -0.293. The van der Waals surface area contributed by atoms with E-state index in [1.165, 1.54) is 23.7 Å². The summed E-state index contributed by atoms with van der Waals surface area (Å²) in [4.78, 5) is 23.6. The van der Waals surface area contributed by atoms with Gasteiger partial charge in [-0.2, -0.15) is 0 Å². The number of pyridine rings is 1. The molecule has 0 aliphatic heterocycles. The van der Waals surface area contributed by atoms with Crippen LogP contribution in [0, 0.1) is 11.6 Å². The molecule has 1 amide bonds. The zero-order valence-corrected chi connectivity index (χ0v) is 14.5. The van der Waals surface area contributed by atoms with Crippen LogP contribution >= 0.6 is 0 Å². The Bertz CT molecular complexity index is 988. The van der Waals surface area contributed by atoms with Gasteiger partial charge in [0.05, 0.1) is 0 Å². The molecule has 0 saturated carbocycles. The Balaban J connectivity index is 2.33. The zero-order chi connectivity index (χ0) is 19.5. The number of nitrogens with zero attached hydrogens (tertiary/aromatic N) is 1. The van der Waals surface area contributed by atoms with Crippen LogP contribution in [-0.4, -0.2) is 35.6 Å². The maximum atomic E-state index is 14.3. The van der Waals surface area contributed by atoms with E-state index in [9.17, 15) is 26.8 Å². The number of aryl methyl sites for hydroxylation is 1. The molecule has 2 aromatic rings. The summed E-state index contributed by atoms with van der Waals surface area (Å²) in [5.41, 5.74) is 0.251. The first kappa shape index (κ1) is 19.7. The van der Waals surface area contributed by atoms with Gasteiger partial charge in [-0.3, -0.25) is 14.8 Å². The lowest BCUT2D eigenvalue weighted by Gasteiger charge is -2.14. The van der Waals surface area contributed by atoms with Gasteiger partial charge in [0.25, 0.3) is 11.5 Å². The van der Waals surface area contributed by atoms with E-state index in [1.54, 1.807) is 0 Å². The zero-order valence-electron chi connectivity index (χ0n) is 13.6. The summed E-state index contributed by atoms with van der Waals surface area (Å²) in [6, 6.07) is 6.27. The van der Waals surface area contributed by atoms with Crippen molar-refractivity contribution in [2.45, 2.75) is 18.2 Å². The second kappa shape index (κ2) is 7.75. The van der Waals surface area contributed by atoms with Crippen LogP contribution in [0.4, 0.5) is 8.78 Å². The molecule has 0 saturated heterocycles. The third-order valence-electron chi connectivity index (χ3n) is 3.79. The Kier molecular flexibility index (Phi) is 5.88. The minimum atomic E-state index is -3.86. The largest absolute Gasteiger partial charge is 0.312 e. The van der Waals surface area contributed by atoms with Crippen molar-refractivity contribution in [2.75, 3.05) is 6.26 Å². The summed E-state index contributed by atoms with van der Waals surface area (Å²) in [6.07, 6.45) is 1.27. The molecule has 10 heteroatoms. The molecule has 0 aliphatic carbocycles. The maximum absolute atomic E-state index is 14.3. The van der Waals surface area contributed by atoms with Gasteiger partial charge in [0.15, 0.2) is 9.84 Å². The van der Waals surface area contributed by atoms with E-state index < -0.39 is 38.2 Å². The average Bonchev–Trinajstić information content (AvgIpc) is 2.57. The third kappa shape index (κ3) is 4.33. The molecule has 2 N–H and O–H groups in total. The average molecular weight is 386 g/mol. The molecular weight excluding hydrogens is 370 g/mol. The number of aromatic nitrogens is 1. The molecule has 1 aromatic heterocycles. The van der Waals surface area contributed by atoms with Crippen LogP contribution in [0.1, 0.15) is 6.42 Å². The Morgan fingerprint density at radius 2 is 1.88 bits per heavy atom. The number of carbonyl (C=O) groups is 1. The van der Waals surface area contributed by atoms with Gasteiger partial charge in [0.1, 0.15) is 16.9 Å². The van der Waals surface area contributed by atoms with Crippen LogP contribution in [0.2, 0.25) is 0 Å². The van der Waals surface area contributed by atoms with Gasteiger partial charge < -0.3 is 4.57 Å². The number of nitrogens with one attached hydrogen (secondary N) is 1. The van der Waals surface area contributed by atoms with Crippen LogP contribution in [0.25, 0.3) is 11.1 Å². The number of benzene rings is 1. The van der Waals surface area contributed by atoms with E-state index in [1.807, 2.05) is 0 Å². The first-order valence-electron chi connectivity index (χ1n) is 7.43. The van der Waals surface area contributed by atoms with Gasteiger partial charge in [-0.1, -0.05) is 18.2 Å². The maximum Gasteiger partial charge on any atom is 0.261 e. The van der Waals surface area contributed by atoms with Gasteiger partial charge in [0.2, 0.25) is 0 Å². The number of rotatable bonds is 6. The topological polar surface area (TPSA) is 105 Å². The van der Waals surface area contributed by atoms with Crippen LogP contribution in [0.3, 0.4) is 0 Å². The minimum absolute atomic E-state index is 0.0806. The molecule has 2 rings (SSSR count). The van der Waals surface area contributed by atoms with Gasteiger partial charge in [-0.05, 0) is 12.5 Å². The Labute approximate surface area is 147 Å². The fourth-order valence-corrected chi connectivity index (χ4v) is 3.45. The van der Waals surface area contributed by atoms with Gasteiger partial charge >= 0.3 is 0 Å². The molecule has 1 heterocycles. The fourth-order valence-electron chi connectivity index (χ4n) is 2.47. The standard InChI is InChI=1S/C16H16F2N2O5S/c1-26(24,25)14(16(22)19-23)6-7-20-9-13(18)11(8-15(20)21)10-4-2-3-5-12(10)17/h2-5,8-9,14,23H,6-7H2,1H3,(H,19,22)/t14-/m1/s1. The monoisotopic (exact) mass is 386 g/mol. The molecule has 140 valence electrons. The smallest absolute Gasteiger partial charge is 0.261 e. The first-order chi connectivity index (χ1) is 12.1. The molecule has 0 bridgehead atoms. The summed E-state index contributed by atoms with van der Waals surface area (Å²) in [5.74, 6) is -2.72. The molecule has 0 unspecified atom stereocenters. The van der Waals surface area contributed by atoms with Crippen molar-refractivity contribution in [2.24, 2.45) is 0 Å². The molecule has 0 spiro atoms. The number of hydrogen-bond donors (Lipinski definition) is 2. The molecule has 0 fully saturated rings. The third-order valence-corrected chi connectivity index (χ3v) is 5.28. The minimum Gasteiger partial charge on any atom is -0.312 e. The second-order valence-corrected chi connectivity index (χ2v) is 7.86. The van der Waals surface area contributed by atoms with Crippen LogP contribution in [0.5, 0.6) is 0 Å². The summed E-state index contributed by atoms with van der Waals surface area (Å²) in [5, 5.41) is 7.02. The number of sulfone groups is 1. The molecule has 0 aliphatic rings. The van der Waals surface area contributed by atoms with Gasteiger partial charge in [-0.25, -0.2) is 22.7 Å². The number of amides is 1. The van der Waals surface area contributed by atoms with Gasteiger partial charge in [-0.15, -0.1) is 0 Å². The summed E-state index contributed by atoms with van der Waals surface area (Å²) in [7, 11) is -3.86. The van der Waals surface area contributed by atoms with E-state index in [-0.39, 0.29) is 24.1 Å². The van der Waals surface area contributed by atoms with E-state index >= 15 is 0 Å². The normalized spacial score (nSPS) is 12.6. The van der Waals surface area contributed by atoms with Crippen LogP contribution < -0.4 is 11.0 Å². The second-order valence-electron chi connectivity index (χ2n) is 5.63.